The molecule has 0 radical (unpaired) electrons. The highest BCUT2D eigenvalue weighted by Gasteiger charge is 2.25. The topological polar surface area (TPSA) is 82.0 Å². The Hall–Kier alpha value is -1.42. The molecule has 5 nitrogen and oxygen atoms in total. The summed E-state index contributed by atoms with van der Waals surface area (Å²) in [4.78, 5) is 0.247. The van der Waals surface area contributed by atoms with E-state index < -0.39 is 10.0 Å². The van der Waals surface area contributed by atoms with Crippen LogP contribution in [0.15, 0.2) is 23.1 Å². The van der Waals surface area contributed by atoms with Crippen LogP contribution in [-0.2, 0) is 10.0 Å². The minimum absolute atomic E-state index is 0.113. The van der Waals surface area contributed by atoms with Crippen LogP contribution in [0.5, 0.6) is 0 Å². The summed E-state index contributed by atoms with van der Waals surface area (Å²) >= 11 is 0. The normalized spacial score (nSPS) is 20.7. The number of hydrogen-bond donors (Lipinski definition) is 2. The van der Waals surface area contributed by atoms with Crippen molar-refractivity contribution in [2.75, 3.05) is 13.1 Å². The molecule has 2 unspecified atom stereocenters. The summed E-state index contributed by atoms with van der Waals surface area (Å²) in [5.74, 6) is 0.312. The SMILES string of the molecule is Cc1cc(C#N)ccc1S(=O)(=O)NC(C)C1CCCNC1. The lowest BCUT2D eigenvalue weighted by molar-refractivity contribution is 0.320. The molecule has 2 N–H and O–H groups in total. The zero-order valence-electron chi connectivity index (χ0n) is 12.4. The number of benzene rings is 1. The number of nitriles is 1. The first-order valence-corrected chi connectivity index (χ1v) is 8.66. The number of sulfonamides is 1. The Bertz CT molecular complexity index is 643. The van der Waals surface area contributed by atoms with Gasteiger partial charge < -0.3 is 5.32 Å². The Kier molecular flexibility index (Phi) is 4.99. The predicted octanol–water partition coefficient (Wildman–Crippen LogP) is 1.53. The number of piperidine rings is 1. The Balaban J connectivity index is 2.16. The fourth-order valence-corrected chi connectivity index (χ4v) is 4.27. The minimum atomic E-state index is -3.55. The highest BCUT2D eigenvalue weighted by Crippen LogP contribution is 2.20. The highest BCUT2D eigenvalue weighted by atomic mass is 32.2. The lowest BCUT2D eigenvalue weighted by Gasteiger charge is -2.28. The van der Waals surface area contributed by atoms with Gasteiger partial charge in [-0.3, -0.25) is 0 Å². The van der Waals surface area contributed by atoms with Crippen molar-refractivity contribution in [2.24, 2.45) is 5.92 Å². The van der Waals surface area contributed by atoms with Crippen LogP contribution in [0.2, 0.25) is 0 Å². The number of aryl methyl sites for hydroxylation is 1. The Labute approximate surface area is 126 Å². The van der Waals surface area contributed by atoms with Gasteiger partial charge in [0.25, 0.3) is 0 Å². The lowest BCUT2D eigenvalue weighted by atomic mass is 9.94. The van der Waals surface area contributed by atoms with Crippen LogP contribution in [0, 0.1) is 24.2 Å². The van der Waals surface area contributed by atoms with Gasteiger partial charge in [0.1, 0.15) is 0 Å². The maximum absolute atomic E-state index is 12.5. The molecule has 1 aromatic carbocycles. The molecule has 1 fully saturated rings. The summed E-state index contributed by atoms with van der Waals surface area (Å²) in [7, 11) is -3.55. The molecule has 1 heterocycles. The second kappa shape index (κ2) is 6.56. The van der Waals surface area contributed by atoms with Crippen molar-refractivity contribution >= 4 is 10.0 Å². The Morgan fingerprint density at radius 1 is 1.48 bits per heavy atom. The van der Waals surface area contributed by atoms with Gasteiger partial charge in [0.05, 0.1) is 16.5 Å². The van der Waals surface area contributed by atoms with Gasteiger partial charge in [-0.05, 0) is 69.5 Å². The molecular formula is C15H21N3O2S. The number of nitrogens with one attached hydrogen (secondary N) is 2. The average molecular weight is 307 g/mol. The molecule has 1 aliphatic rings. The third kappa shape index (κ3) is 3.82. The smallest absolute Gasteiger partial charge is 0.241 e. The van der Waals surface area contributed by atoms with Gasteiger partial charge in [0, 0.05) is 6.04 Å². The Morgan fingerprint density at radius 3 is 2.81 bits per heavy atom. The summed E-state index contributed by atoms with van der Waals surface area (Å²) in [5, 5.41) is 12.1. The second-order valence-corrected chi connectivity index (χ2v) is 7.29. The molecule has 21 heavy (non-hydrogen) atoms. The van der Waals surface area contributed by atoms with E-state index in [1.165, 1.54) is 12.1 Å². The van der Waals surface area contributed by atoms with Gasteiger partial charge in [0.2, 0.25) is 10.0 Å². The quantitative estimate of drug-likeness (QED) is 0.884. The van der Waals surface area contributed by atoms with E-state index in [1.54, 1.807) is 13.0 Å². The van der Waals surface area contributed by atoms with Crippen LogP contribution in [0.4, 0.5) is 0 Å². The Morgan fingerprint density at radius 2 is 2.24 bits per heavy atom. The van der Waals surface area contributed by atoms with Crippen molar-refractivity contribution in [3.05, 3.63) is 29.3 Å². The molecule has 6 heteroatoms. The van der Waals surface area contributed by atoms with Gasteiger partial charge in [-0.25, -0.2) is 13.1 Å². The molecule has 2 rings (SSSR count). The first-order chi connectivity index (χ1) is 9.94. The number of hydrogen-bond acceptors (Lipinski definition) is 4. The van der Waals surface area contributed by atoms with Crippen LogP contribution in [0.1, 0.15) is 30.9 Å². The van der Waals surface area contributed by atoms with E-state index in [9.17, 15) is 8.42 Å². The summed E-state index contributed by atoms with van der Waals surface area (Å²) in [5.41, 5.74) is 1.06. The maximum Gasteiger partial charge on any atom is 0.241 e. The fraction of sp³-hybridized carbons (Fsp3) is 0.533. The van der Waals surface area contributed by atoms with E-state index in [2.05, 4.69) is 10.0 Å². The molecule has 0 amide bonds. The number of nitrogens with zero attached hydrogens (tertiary/aromatic N) is 1. The van der Waals surface area contributed by atoms with E-state index in [4.69, 9.17) is 5.26 Å². The molecule has 0 aliphatic carbocycles. The zero-order valence-corrected chi connectivity index (χ0v) is 13.2. The van der Waals surface area contributed by atoms with Gasteiger partial charge in [0.15, 0.2) is 0 Å². The fourth-order valence-electron chi connectivity index (χ4n) is 2.73. The van der Waals surface area contributed by atoms with Crippen molar-refractivity contribution in [1.82, 2.24) is 10.0 Å². The maximum atomic E-state index is 12.5. The summed E-state index contributed by atoms with van der Waals surface area (Å²) < 4.78 is 27.8. The third-order valence-corrected chi connectivity index (χ3v) is 5.70. The number of rotatable bonds is 4. The van der Waals surface area contributed by atoms with Crippen molar-refractivity contribution in [3.8, 4) is 6.07 Å². The lowest BCUT2D eigenvalue weighted by Crippen LogP contribution is -2.44. The van der Waals surface area contributed by atoms with E-state index in [0.717, 1.165) is 25.9 Å². The van der Waals surface area contributed by atoms with E-state index >= 15 is 0 Å². The van der Waals surface area contributed by atoms with E-state index in [-0.39, 0.29) is 10.9 Å². The minimum Gasteiger partial charge on any atom is -0.316 e. The molecule has 2 atom stereocenters. The van der Waals surface area contributed by atoms with Crippen molar-refractivity contribution in [3.63, 3.8) is 0 Å². The molecule has 0 saturated carbocycles. The van der Waals surface area contributed by atoms with Crippen molar-refractivity contribution in [2.45, 2.75) is 37.6 Å². The molecular weight excluding hydrogens is 286 g/mol. The monoisotopic (exact) mass is 307 g/mol. The molecule has 0 bridgehead atoms. The predicted molar refractivity (Wildman–Crippen MR) is 81.3 cm³/mol. The largest absolute Gasteiger partial charge is 0.316 e. The van der Waals surface area contributed by atoms with Gasteiger partial charge in [-0.15, -0.1) is 0 Å². The second-order valence-electron chi connectivity index (χ2n) is 5.61. The van der Waals surface area contributed by atoms with Gasteiger partial charge >= 0.3 is 0 Å². The van der Waals surface area contributed by atoms with Crippen molar-refractivity contribution < 1.29 is 8.42 Å². The van der Waals surface area contributed by atoms with Crippen LogP contribution < -0.4 is 10.0 Å². The first-order valence-electron chi connectivity index (χ1n) is 7.18. The van der Waals surface area contributed by atoms with Crippen molar-refractivity contribution in [1.29, 1.82) is 5.26 Å². The molecule has 1 aromatic rings. The molecule has 0 aromatic heterocycles. The van der Waals surface area contributed by atoms with E-state index in [1.807, 2.05) is 13.0 Å². The van der Waals surface area contributed by atoms with Crippen LogP contribution in [0.3, 0.4) is 0 Å². The van der Waals surface area contributed by atoms with Gasteiger partial charge in [-0.1, -0.05) is 0 Å². The summed E-state index contributed by atoms with van der Waals surface area (Å²) in [6.07, 6.45) is 2.11. The molecule has 114 valence electrons. The average Bonchev–Trinajstić information content (AvgIpc) is 2.47. The summed E-state index contributed by atoms with van der Waals surface area (Å²) in [6, 6.07) is 6.54. The highest BCUT2D eigenvalue weighted by molar-refractivity contribution is 7.89. The zero-order chi connectivity index (χ0) is 15.5. The standard InChI is InChI=1S/C15H21N3O2S/c1-11-8-13(9-16)5-6-15(11)21(19,20)18-12(2)14-4-3-7-17-10-14/h5-6,8,12,14,17-18H,3-4,7,10H2,1-2H3. The molecule has 0 spiro atoms. The third-order valence-electron chi connectivity index (χ3n) is 3.98. The van der Waals surface area contributed by atoms with Gasteiger partial charge in [-0.2, -0.15) is 5.26 Å². The molecule has 1 saturated heterocycles. The van der Waals surface area contributed by atoms with E-state index in [0.29, 0.717) is 17.0 Å². The van der Waals surface area contributed by atoms with Crippen LogP contribution in [-0.4, -0.2) is 27.5 Å². The first kappa shape index (κ1) is 16.0. The van der Waals surface area contributed by atoms with Crippen LogP contribution in [0.25, 0.3) is 0 Å². The summed E-state index contributed by atoms with van der Waals surface area (Å²) in [6.45, 7) is 5.47. The molecule has 1 aliphatic heterocycles. The van der Waals surface area contributed by atoms with Crippen LogP contribution >= 0.6 is 0 Å².